The van der Waals surface area contributed by atoms with Gasteiger partial charge in [-0.3, -0.25) is 9.59 Å². The monoisotopic (exact) mass is 561 g/mol. The van der Waals surface area contributed by atoms with Gasteiger partial charge in [0, 0.05) is 83.1 Å². The smallest absolute Gasteiger partial charge is 0.248 e. The summed E-state index contributed by atoms with van der Waals surface area (Å²) < 4.78 is 1.49. The molecule has 0 spiro atoms. The molecule has 3 N–H and O–H groups in total. The van der Waals surface area contributed by atoms with E-state index in [9.17, 15) is 9.59 Å². The molecule has 218 valence electrons. The minimum atomic E-state index is 0.0910. The number of hydrogen-bond donors (Lipinski definition) is 2. The highest BCUT2D eigenvalue weighted by atomic mass is 16.2. The number of anilines is 5. The lowest BCUT2D eigenvalue weighted by Crippen LogP contribution is -2.49. The molecular weight excluding hydrogens is 522 g/mol. The maximum atomic E-state index is 12.4. The Morgan fingerprint density at radius 2 is 1.59 bits per heavy atom. The van der Waals surface area contributed by atoms with Gasteiger partial charge in [0.05, 0.1) is 0 Å². The Morgan fingerprint density at radius 1 is 0.902 bits per heavy atom. The number of nitrogens with zero attached hydrogens (tertiary/aromatic N) is 9. The number of nitrogens with one attached hydrogen (secondary N) is 1. The molecule has 13 heteroatoms. The summed E-state index contributed by atoms with van der Waals surface area (Å²) >= 11 is 0. The Bertz CT molecular complexity index is 1350. The maximum Gasteiger partial charge on any atom is 0.248 e. The highest BCUT2D eigenvalue weighted by molar-refractivity contribution is 5.76. The lowest BCUT2D eigenvalue weighted by Gasteiger charge is -2.36. The Balaban J connectivity index is 1.20. The third kappa shape index (κ3) is 6.84. The van der Waals surface area contributed by atoms with Crippen molar-refractivity contribution >= 4 is 40.9 Å². The first-order chi connectivity index (χ1) is 19.8. The summed E-state index contributed by atoms with van der Waals surface area (Å²) in [7, 11) is 0. The lowest BCUT2D eigenvalue weighted by molar-refractivity contribution is -0.132. The lowest BCUT2D eigenvalue weighted by atomic mass is 10.1. The van der Waals surface area contributed by atoms with Crippen molar-refractivity contribution < 1.29 is 9.59 Å². The van der Waals surface area contributed by atoms with E-state index in [4.69, 9.17) is 5.73 Å². The molecule has 2 fully saturated rings. The Labute approximate surface area is 240 Å². The number of hydrogen-bond acceptors (Lipinski definition) is 10. The van der Waals surface area contributed by atoms with E-state index in [1.807, 2.05) is 28.0 Å². The van der Waals surface area contributed by atoms with Crippen molar-refractivity contribution in [1.82, 2.24) is 34.5 Å². The van der Waals surface area contributed by atoms with Gasteiger partial charge in [-0.15, -0.1) is 5.10 Å². The van der Waals surface area contributed by atoms with Crippen LogP contribution in [0, 0.1) is 5.92 Å². The van der Waals surface area contributed by atoms with Crippen molar-refractivity contribution in [2.75, 3.05) is 73.2 Å². The number of carbonyl (C=O) groups is 2. The molecule has 0 radical (unpaired) electrons. The number of carbonyl (C=O) groups excluding carboxylic acids is 2. The number of rotatable bonds is 7. The van der Waals surface area contributed by atoms with Gasteiger partial charge >= 0.3 is 0 Å². The van der Waals surface area contributed by atoms with E-state index in [-0.39, 0.29) is 17.8 Å². The van der Waals surface area contributed by atoms with Crippen LogP contribution in [0.2, 0.25) is 0 Å². The zero-order valence-corrected chi connectivity index (χ0v) is 24.0. The van der Waals surface area contributed by atoms with Gasteiger partial charge in [0.1, 0.15) is 12.1 Å². The van der Waals surface area contributed by atoms with Crippen LogP contribution in [-0.2, 0) is 9.59 Å². The van der Waals surface area contributed by atoms with Crippen molar-refractivity contribution in [2.24, 2.45) is 5.92 Å². The largest absolute Gasteiger partial charge is 0.368 e. The highest BCUT2D eigenvalue weighted by Crippen LogP contribution is 2.23. The SMILES string of the molecule is CC(=O)N1CCCN(c2cc(-n3nc(Nc4ccc(N5CCN(C(=O)CC(C)C)CC5)cc4)nc3N)ncn2)CC1. The molecule has 2 saturated heterocycles. The normalized spacial score (nSPS) is 16.2. The highest BCUT2D eigenvalue weighted by Gasteiger charge is 2.22. The fourth-order valence-electron chi connectivity index (χ4n) is 5.21. The molecule has 2 aromatic heterocycles. The van der Waals surface area contributed by atoms with Crippen molar-refractivity contribution in [3.8, 4) is 5.82 Å². The van der Waals surface area contributed by atoms with Crippen LogP contribution in [0.3, 0.4) is 0 Å². The average molecular weight is 562 g/mol. The van der Waals surface area contributed by atoms with Gasteiger partial charge in [-0.05, 0) is 36.6 Å². The number of amides is 2. The summed E-state index contributed by atoms with van der Waals surface area (Å²) in [6, 6.07) is 9.91. The number of aromatic nitrogens is 5. The molecular formula is C28H39N11O2. The first-order valence-electron chi connectivity index (χ1n) is 14.2. The Morgan fingerprint density at radius 3 is 2.29 bits per heavy atom. The van der Waals surface area contributed by atoms with Crippen LogP contribution in [0.25, 0.3) is 5.82 Å². The second-order valence-corrected chi connectivity index (χ2v) is 10.9. The average Bonchev–Trinajstić information content (AvgIpc) is 3.15. The van der Waals surface area contributed by atoms with Gasteiger partial charge in [0.2, 0.25) is 23.7 Å². The summed E-state index contributed by atoms with van der Waals surface area (Å²) in [5.74, 6) is 2.55. The Hall–Kier alpha value is -4.42. The molecule has 41 heavy (non-hydrogen) atoms. The molecule has 0 atom stereocenters. The second kappa shape index (κ2) is 12.4. The zero-order valence-electron chi connectivity index (χ0n) is 24.0. The van der Waals surface area contributed by atoms with Crippen molar-refractivity contribution in [3.63, 3.8) is 0 Å². The third-order valence-corrected chi connectivity index (χ3v) is 7.46. The molecule has 2 aliphatic heterocycles. The van der Waals surface area contributed by atoms with E-state index < -0.39 is 0 Å². The van der Waals surface area contributed by atoms with E-state index in [1.165, 1.54) is 11.0 Å². The molecule has 3 aromatic rings. The molecule has 0 unspecified atom stereocenters. The summed E-state index contributed by atoms with van der Waals surface area (Å²) in [6.07, 6.45) is 2.96. The van der Waals surface area contributed by atoms with Crippen molar-refractivity contribution in [3.05, 3.63) is 36.7 Å². The van der Waals surface area contributed by atoms with Gasteiger partial charge < -0.3 is 30.7 Å². The second-order valence-electron chi connectivity index (χ2n) is 10.9. The number of nitrogen functional groups attached to an aromatic ring is 1. The van der Waals surface area contributed by atoms with Crippen LogP contribution >= 0.6 is 0 Å². The van der Waals surface area contributed by atoms with Gasteiger partial charge in [0.25, 0.3) is 0 Å². The first kappa shape index (κ1) is 28.1. The van der Waals surface area contributed by atoms with E-state index in [1.54, 1.807) is 6.92 Å². The molecule has 4 heterocycles. The van der Waals surface area contributed by atoms with E-state index in [2.05, 4.69) is 61.1 Å². The molecule has 0 aliphatic carbocycles. The number of piperazine rings is 1. The zero-order chi connectivity index (χ0) is 28.9. The summed E-state index contributed by atoms with van der Waals surface area (Å²) in [5.41, 5.74) is 8.15. The van der Waals surface area contributed by atoms with Crippen LogP contribution in [0.4, 0.5) is 29.1 Å². The van der Waals surface area contributed by atoms with Crippen LogP contribution in [0.15, 0.2) is 36.7 Å². The van der Waals surface area contributed by atoms with E-state index in [0.717, 1.165) is 62.9 Å². The van der Waals surface area contributed by atoms with Gasteiger partial charge in [-0.25, -0.2) is 9.97 Å². The van der Waals surface area contributed by atoms with Crippen LogP contribution in [0.5, 0.6) is 0 Å². The molecule has 2 amide bonds. The fraction of sp³-hybridized carbons (Fsp3) is 0.500. The van der Waals surface area contributed by atoms with E-state index in [0.29, 0.717) is 37.2 Å². The van der Waals surface area contributed by atoms with Crippen LogP contribution in [0.1, 0.15) is 33.6 Å². The minimum Gasteiger partial charge on any atom is -0.368 e. The standard InChI is InChI=1S/C28H39N11O2/c1-20(2)17-26(41)38-15-12-36(13-16-38)23-7-5-22(6-8-23)32-28-33-27(29)39(34-28)25-18-24(30-19-31-25)37-10-4-9-35(11-14-37)21(3)40/h5-8,18-20H,4,9-17H2,1-3H3,(H3,29,32,33,34). The van der Waals surface area contributed by atoms with Gasteiger partial charge in [-0.1, -0.05) is 13.8 Å². The fourth-order valence-corrected chi connectivity index (χ4v) is 5.21. The quantitative estimate of drug-likeness (QED) is 0.441. The summed E-state index contributed by atoms with van der Waals surface area (Å²) in [4.78, 5) is 45.6. The predicted octanol–water partition coefficient (Wildman–Crippen LogP) is 2.14. The summed E-state index contributed by atoms with van der Waals surface area (Å²) in [5, 5.41) is 7.75. The molecule has 0 bridgehead atoms. The van der Waals surface area contributed by atoms with Gasteiger partial charge in [0.15, 0.2) is 5.82 Å². The molecule has 2 aliphatic rings. The summed E-state index contributed by atoms with van der Waals surface area (Å²) in [6.45, 7) is 11.7. The molecule has 0 saturated carbocycles. The Kier molecular flexibility index (Phi) is 8.50. The van der Waals surface area contributed by atoms with Crippen LogP contribution < -0.4 is 20.9 Å². The predicted molar refractivity (Wildman–Crippen MR) is 158 cm³/mol. The van der Waals surface area contributed by atoms with Crippen molar-refractivity contribution in [2.45, 2.75) is 33.6 Å². The van der Waals surface area contributed by atoms with Gasteiger partial charge in [-0.2, -0.15) is 9.67 Å². The van der Waals surface area contributed by atoms with Crippen molar-refractivity contribution in [1.29, 1.82) is 0 Å². The molecule has 5 rings (SSSR count). The van der Waals surface area contributed by atoms with Crippen LogP contribution in [-0.4, -0.2) is 98.7 Å². The molecule has 13 nitrogen and oxygen atoms in total. The minimum absolute atomic E-state index is 0.0910. The molecule has 1 aromatic carbocycles. The maximum absolute atomic E-state index is 12.4. The van der Waals surface area contributed by atoms with E-state index >= 15 is 0 Å². The number of benzene rings is 1. The topological polar surface area (TPSA) is 142 Å². The number of nitrogens with two attached hydrogens (primary N) is 1. The third-order valence-electron chi connectivity index (χ3n) is 7.46. The first-order valence-corrected chi connectivity index (χ1v) is 14.2.